The Kier molecular flexibility index (Phi) is 5.93. The normalized spacial score (nSPS) is 17.0. The zero-order valence-corrected chi connectivity index (χ0v) is 13.0. The van der Waals surface area contributed by atoms with Gasteiger partial charge in [0.05, 0.1) is 24.2 Å². The zero-order chi connectivity index (χ0) is 15.9. The average molecular weight is 301 g/mol. The lowest BCUT2D eigenvalue weighted by atomic mass is 10.1. The van der Waals surface area contributed by atoms with Crippen LogP contribution >= 0.6 is 0 Å². The molecule has 1 saturated heterocycles. The Morgan fingerprint density at radius 1 is 1.27 bits per heavy atom. The molecule has 0 aliphatic carbocycles. The Morgan fingerprint density at radius 3 is 2.45 bits per heavy atom. The van der Waals surface area contributed by atoms with Crippen LogP contribution in [0.15, 0.2) is 24.3 Å². The van der Waals surface area contributed by atoms with E-state index >= 15 is 0 Å². The molecule has 1 aliphatic rings. The molecule has 1 heterocycles. The number of nitrogens with zero attached hydrogens (tertiary/aromatic N) is 3. The quantitative estimate of drug-likeness (QED) is 0.881. The average Bonchev–Trinajstić information content (AvgIpc) is 2.56. The van der Waals surface area contributed by atoms with Crippen molar-refractivity contribution in [1.29, 1.82) is 5.26 Å². The van der Waals surface area contributed by atoms with Crippen LogP contribution in [0.25, 0.3) is 0 Å². The van der Waals surface area contributed by atoms with Gasteiger partial charge in [0.15, 0.2) is 0 Å². The number of piperazine rings is 1. The van der Waals surface area contributed by atoms with Crippen molar-refractivity contribution in [2.75, 3.05) is 32.7 Å². The summed E-state index contributed by atoms with van der Waals surface area (Å²) in [5.74, 6) is 0.125. The van der Waals surface area contributed by atoms with Crippen LogP contribution in [0.3, 0.4) is 0 Å². The van der Waals surface area contributed by atoms with E-state index in [1.54, 1.807) is 12.1 Å². The van der Waals surface area contributed by atoms with Crippen molar-refractivity contribution in [2.45, 2.75) is 25.9 Å². The number of hydrogen-bond acceptors (Lipinski definition) is 4. The van der Waals surface area contributed by atoms with Gasteiger partial charge in [-0.3, -0.25) is 9.69 Å². The molecule has 118 valence electrons. The fraction of sp³-hybridized carbons (Fsp3) is 0.529. The predicted molar refractivity (Wildman–Crippen MR) is 84.2 cm³/mol. The van der Waals surface area contributed by atoms with Gasteiger partial charge in [-0.25, -0.2) is 0 Å². The molecule has 1 fully saturated rings. The Bertz CT molecular complexity index is 528. The van der Waals surface area contributed by atoms with E-state index in [0.29, 0.717) is 31.6 Å². The summed E-state index contributed by atoms with van der Waals surface area (Å²) in [6.07, 6.45) is 0.863. The lowest BCUT2D eigenvalue weighted by molar-refractivity contribution is -0.132. The molecule has 5 nitrogen and oxygen atoms in total. The molecule has 1 N–H and O–H groups in total. The van der Waals surface area contributed by atoms with Crippen molar-refractivity contribution in [2.24, 2.45) is 0 Å². The van der Waals surface area contributed by atoms with Crippen LogP contribution in [-0.2, 0) is 11.2 Å². The minimum Gasteiger partial charge on any atom is -0.392 e. The number of benzene rings is 1. The molecule has 1 aliphatic heterocycles. The molecule has 0 aromatic heterocycles. The first kappa shape index (κ1) is 16.5. The van der Waals surface area contributed by atoms with Crippen molar-refractivity contribution in [3.63, 3.8) is 0 Å². The maximum atomic E-state index is 12.3. The summed E-state index contributed by atoms with van der Waals surface area (Å²) in [7, 11) is 0. The summed E-state index contributed by atoms with van der Waals surface area (Å²) in [6, 6.07) is 9.24. The van der Waals surface area contributed by atoms with Crippen LogP contribution in [0.4, 0.5) is 0 Å². The molecule has 5 heteroatoms. The highest BCUT2D eigenvalue weighted by Crippen LogP contribution is 2.09. The lowest BCUT2D eigenvalue weighted by Crippen LogP contribution is -2.50. The molecule has 1 atom stereocenters. The van der Waals surface area contributed by atoms with Crippen LogP contribution in [0.1, 0.15) is 24.5 Å². The first-order valence-corrected chi connectivity index (χ1v) is 7.79. The van der Waals surface area contributed by atoms with Crippen LogP contribution < -0.4 is 0 Å². The third-order valence-corrected chi connectivity index (χ3v) is 4.10. The topological polar surface area (TPSA) is 67.6 Å². The predicted octanol–water partition coefficient (Wildman–Crippen LogP) is 1.02. The molecule has 2 rings (SSSR count). The number of aliphatic hydroxyl groups is 1. The number of β-amino-alcohol motifs (C(OH)–C–C–N with tert-alkyl or cyclic N) is 1. The van der Waals surface area contributed by atoms with E-state index in [2.05, 4.69) is 11.0 Å². The largest absolute Gasteiger partial charge is 0.392 e. The summed E-state index contributed by atoms with van der Waals surface area (Å²) >= 11 is 0. The van der Waals surface area contributed by atoms with Gasteiger partial charge in [-0.15, -0.1) is 0 Å². The van der Waals surface area contributed by atoms with E-state index in [4.69, 9.17) is 5.26 Å². The minimum absolute atomic E-state index is 0.125. The van der Waals surface area contributed by atoms with Gasteiger partial charge >= 0.3 is 0 Å². The fourth-order valence-corrected chi connectivity index (χ4v) is 2.59. The highest BCUT2D eigenvalue weighted by atomic mass is 16.3. The monoisotopic (exact) mass is 301 g/mol. The van der Waals surface area contributed by atoms with Gasteiger partial charge < -0.3 is 10.0 Å². The number of rotatable bonds is 5. The van der Waals surface area contributed by atoms with E-state index < -0.39 is 0 Å². The standard InChI is InChI=1S/C17H23N3O2/c1-2-16(21)13-19-7-9-20(10-8-19)17(22)11-14-3-5-15(12-18)6-4-14/h3-6,16,21H,2,7-11,13H2,1H3/t16-/m1/s1. The highest BCUT2D eigenvalue weighted by Gasteiger charge is 2.22. The van der Waals surface area contributed by atoms with Gasteiger partial charge in [-0.2, -0.15) is 5.26 Å². The Balaban J connectivity index is 1.80. The number of hydrogen-bond donors (Lipinski definition) is 1. The van der Waals surface area contributed by atoms with Crippen LogP contribution in [0.5, 0.6) is 0 Å². The Morgan fingerprint density at radius 2 is 1.91 bits per heavy atom. The summed E-state index contributed by atoms with van der Waals surface area (Å²) < 4.78 is 0. The molecule has 0 bridgehead atoms. The van der Waals surface area contributed by atoms with Gasteiger partial charge in [0.25, 0.3) is 0 Å². The Hall–Kier alpha value is -1.90. The minimum atomic E-state index is -0.277. The lowest BCUT2D eigenvalue weighted by Gasteiger charge is -2.35. The highest BCUT2D eigenvalue weighted by molar-refractivity contribution is 5.78. The summed E-state index contributed by atoms with van der Waals surface area (Å²) in [5.41, 5.74) is 1.55. The number of nitriles is 1. The van der Waals surface area contributed by atoms with Gasteiger partial charge in [0.2, 0.25) is 5.91 Å². The van der Waals surface area contributed by atoms with E-state index in [0.717, 1.165) is 25.1 Å². The van der Waals surface area contributed by atoms with E-state index in [1.165, 1.54) is 0 Å². The second kappa shape index (κ2) is 7.92. The van der Waals surface area contributed by atoms with Gasteiger partial charge in [-0.05, 0) is 24.1 Å². The molecule has 1 amide bonds. The third kappa shape index (κ3) is 4.55. The first-order valence-electron chi connectivity index (χ1n) is 7.79. The third-order valence-electron chi connectivity index (χ3n) is 4.10. The summed E-state index contributed by atoms with van der Waals surface area (Å²) in [4.78, 5) is 16.4. The van der Waals surface area contributed by atoms with Gasteiger partial charge in [0.1, 0.15) is 0 Å². The molecule has 0 unspecified atom stereocenters. The fourth-order valence-electron chi connectivity index (χ4n) is 2.59. The van der Waals surface area contributed by atoms with Crippen molar-refractivity contribution >= 4 is 5.91 Å². The molecule has 1 aromatic carbocycles. The SMILES string of the molecule is CC[C@@H](O)CN1CCN(C(=O)Cc2ccc(C#N)cc2)CC1. The number of carbonyl (C=O) groups excluding carboxylic acids is 1. The van der Waals surface area contributed by atoms with Crippen molar-refractivity contribution in [3.8, 4) is 6.07 Å². The van der Waals surface area contributed by atoms with Crippen LogP contribution in [-0.4, -0.2) is 59.6 Å². The second-order valence-corrected chi connectivity index (χ2v) is 5.73. The molecule has 22 heavy (non-hydrogen) atoms. The first-order chi connectivity index (χ1) is 10.6. The zero-order valence-electron chi connectivity index (χ0n) is 13.0. The smallest absolute Gasteiger partial charge is 0.227 e. The van der Waals surface area contributed by atoms with Gasteiger partial charge in [0, 0.05) is 32.7 Å². The van der Waals surface area contributed by atoms with Crippen molar-refractivity contribution < 1.29 is 9.90 Å². The van der Waals surface area contributed by atoms with Crippen molar-refractivity contribution in [3.05, 3.63) is 35.4 Å². The molecule has 0 saturated carbocycles. The van der Waals surface area contributed by atoms with Gasteiger partial charge in [-0.1, -0.05) is 19.1 Å². The molecular weight excluding hydrogens is 278 g/mol. The van der Waals surface area contributed by atoms with E-state index in [1.807, 2.05) is 24.0 Å². The van der Waals surface area contributed by atoms with E-state index in [-0.39, 0.29) is 12.0 Å². The Labute approximate surface area is 131 Å². The van der Waals surface area contributed by atoms with Crippen LogP contribution in [0.2, 0.25) is 0 Å². The molecule has 0 radical (unpaired) electrons. The van der Waals surface area contributed by atoms with Crippen molar-refractivity contribution in [1.82, 2.24) is 9.80 Å². The number of carbonyl (C=O) groups is 1. The second-order valence-electron chi connectivity index (χ2n) is 5.73. The van der Waals surface area contributed by atoms with E-state index in [9.17, 15) is 9.90 Å². The summed E-state index contributed by atoms with van der Waals surface area (Å²) in [6.45, 7) is 5.72. The maximum absolute atomic E-state index is 12.3. The summed E-state index contributed by atoms with van der Waals surface area (Å²) in [5, 5.41) is 18.4. The molecule has 0 spiro atoms. The van der Waals surface area contributed by atoms with Crippen LogP contribution in [0, 0.1) is 11.3 Å². The molecular formula is C17H23N3O2. The molecule has 1 aromatic rings. The maximum Gasteiger partial charge on any atom is 0.227 e. The number of amides is 1. The number of aliphatic hydroxyl groups excluding tert-OH is 1.